The lowest BCUT2D eigenvalue weighted by molar-refractivity contribution is 0.430. The Kier molecular flexibility index (Phi) is 2.99. The van der Waals surface area contributed by atoms with E-state index in [2.05, 4.69) is 10.1 Å². The molecule has 1 heterocycles. The number of rotatable bonds is 2. The van der Waals surface area contributed by atoms with Crippen molar-refractivity contribution in [2.45, 2.75) is 13.8 Å². The number of phenolic OH excluding ortho intramolecular Hbond substituents is 1. The molecule has 0 radical (unpaired) electrons. The Hall–Kier alpha value is -2.62. The summed E-state index contributed by atoms with van der Waals surface area (Å²) in [7, 11) is 0. The van der Waals surface area contributed by atoms with Gasteiger partial charge in [0, 0.05) is 16.7 Å². The second-order valence-corrected chi connectivity index (χ2v) is 4.69. The highest BCUT2D eigenvalue weighted by molar-refractivity contribution is 5.66. The Morgan fingerprint density at radius 2 is 1.70 bits per heavy atom. The molecule has 0 saturated heterocycles. The standard InChI is InChI=1S/C16H14N2O2/c1-10-6-3-4-7-12(10)15-17-16(20-18-15)13-8-5-9-14(19)11(13)2/h3-9,19H,1-2H3. The van der Waals surface area contributed by atoms with Crippen LogP contribution in [-0.2, 0) is 0 Å². The molecule has 4 heteroatoms. The molecule has 1 N–H and O–H groups in total. The summed E-state index contributed by atoms with van der Waals surface area (Å²) < 4.78 is 5.32. The number of hydrogen-bond acceptors (Lipinski definition) is 4. The minimum absolute atomic E-state index is 0.221. The molecule has 0 saturated carbocycles. The average Bonchev–Trinajstić information content (AvgIpc) is 2.92. The van der Waals surface area contributed by atoms with Crippen molar-refractivity contribution in [3.8, 4) is 28.6 Å². The van der Waals surface area contributed by atoms with Gasteiger partial charge < -0.3 is 9.63 Å². The van der Waals surface area contributed by atoms with E-state index in [1.165, 1.54) is 0 Å². The van der Waals surface area contributed by atoms with Crippen molar-refractivity contribution in [3.63, 3.8) is 0 Å². The van der Waals surface area contributed by atoms with E-state index >= 15 is 0 Å². The van der Waals surface area contributed by atoms with Gasteiger partial charge in [-0.2, -0.15) is 4.98 Å². The summed E-state index contributed by atoms with van der Waals surface area (Å²) >= 11 is 0. The van der Waals surface area contributed by atoms with Crippen molar-refractivity contribution in [1.29, 1.82) is 0 Å². The molecule has 4 nitrogen and oxygen atoms in total. The summed E-state index contributed by atoms with van der Waals surface area (Å²) in [6, 6.07) is 13.1. The van der Waals surface area contributed by atoms with Crippen molar-refractivity contribution in [2.75, 3.05) is 0 Å². The number of phenols is 1. The normalized spacial score (nSPS) is 10.7. The highest BCUT2D eigenvalue weighted by Gasteiger charge is 2.14. The molecule has 0 atom stereocenters. The number of aromatic nitrogens is 2. The third-order valence-electron chi connectivity index (χ3n) is 3.35. The van der Waals surface area contributed by atoms with E-state index in [9.17, 15) is 5.11 Å². The second-order valence-electron chi connectivity index (χ2n) is 4.69. The molecule has 0 fully saturated rings. The summed E-state index contributed by atoms with van der Waals surface area (Å²) in [4.78, 5) is 4.42. The third-order valence-corrected chi connectivity index (χ3v) is 3.35. The van der Waals surface area contributed by atoms with Crippen LogP contribution in [0.15, 0.2) is 47.0 Å². The van der Waals surface area contributed by atoms with Crippen molar-refractivity contribution in [3.05, 3.63) is 53.6 Å². The van der Waals surface area contributed by atoms with Crippen molar-refractivity contribution in [2.24, 2.45) is 0 Å². The van der Waals surface area contributed by atoms with Crippen LogP contribution in [0.1, 0.15) is 11.1 Å². The quantitative estimate of drug-likeness (QED) is 0.767. The molecule has 20 heavy (non-hydrogen) atoms. The Labute approximate surface area is 116 Å². The van der Waals surface area contributed by atoms with Gasteiger partial charge in [0.1, 0.15) is 5.75 Å². The van der Waals surface area contributed by atoms with Crippen molar-refractivity contribution in [1.82, 2.24) is 10.1 Å². The van der Waals surface area contributed by atoms with E-state index in [0.29, 0.717) is 11.7 Å². The Bertz CT molecular complexity index is 763. The van der Waals surface area contributed by atoms with Gasteiger partial charge in [-0.25, -0.2) is 0 Å². The molecule has 0 aliphatic carbocycles. The van der Waals surface area contributed by atoms with Crippen molar-refractivity contribution >= 4 is 0 Å². The summed E-state index contributed by atoms with van der Waals surface area (Å²) in [5.41, 5.74) is 3.51. The summed E-state index contributed by atoms with van der Waals surface area (Å²) in [5.74, 6) is 1.19. The third kappa shape index (κ3) is 2.05. The first-order valence-corrected chi connectivity index (χ1v) is 6.35. The Balaban J connectivity index is 2.07. The van der Waals surface area contributed by atoms with Crippen LogP contribution >= 0.6 is 0 Å². The van der Waals surface area contributed by atoms with E-state index in [0.717, 1.165) is 22.3 Å². The molecule has 0 unspecified atom stereocenters. The minimum atomic E-state index is 0.221. The first-order valence-electron chi connectivity index (χ1n) is 6.35. The summed E-state index contributed by atoms with van der Waals surface area (Å²) in [6.45, 7) is 3.83. The van der Waals surface area contributed by atoms with Crippen LogP contribution in [-0.4, -0.2) is 15.2 Å². The van der Waals surface area contributed by atoms with Crippen LogP contribution in [0.3, 0.4) is 0 Å². The van der Waals surface area contributed by atoms with Crippen LogP contribution < -0.4 is 0 Å². The first kappa shape index (κ1) is 12.4. The van der Waals surface area contributed by atoms with Gasteiger partial charge in [-0.15, -0.1) is 0 Å². The molecule has 3 rings (SSSR count). The number of aryl methyl sites for hydroxylation is 1. The maximum atomic E-state index is 9.74. The van der Waals surface area contributed by atoms with E-state index in [-0.39, 0.29) is 5.75 Å². The van der Waals surface area contributed by atoms with Crippen LogP contribution in [0.5, 0.6) is 5.75 Å². The molecule has 3 aromatic rings. The Morgan fingerprint density at radius 1 is 0.950 bits per heavy atom. The van der Waals surface area contributed by atoms with Crippen LogP contribution in [0, 0.1) is 13.8 Å². The monoisotopic (exact) mass is 266 g/mol. The number of aromatic hydroxyl groups is 1. The van der Waals surface area contributed by atoms with Gasteiger partial charge in [-0.1, -0.05) is 35.5 Å². The molecular formula is C16H14N2O2. The average molecular weight is 266 g/mol. The molecule has 0 aliphatic heterocycles. The Morgan fingerprint density at radius 3 is 2.50 bits per heavy atom. The molecule has 0 aliphatic rings. The lowest BCUT2D eigenvalue weighted by atomic mass is 10.1. The van der Waals surface area contributed by atoms with Gasteiger partial charge in [-0.05, 0) is 31.5 Å². The van der Waals surface area contributed by atoms with E-state index in [1.54, 1.807) is 12.1 Å². The molecule has 0 spiro atoms. The van der Waals surface area contributed by atoms with Gasteiger partial charge in [0.2, 0.25) is 5.82 Å². The SMILES string of the molecule is Cc1ccccc1-c1noc(-c2cccc(O)c2C)n1. The maximum Gasteiger partial charge on any atom is 0.258 e. The fourth-order valence-corrected chi connectivity index (χ4v) is 2.12. The second kappa shape index (κ2) is 4.81. The van der Waals surface area contributed by atoms with Crippen LogP contribution in [0.2, 0.25) is 0 Å². The number of benzene rings is 2. The van der Waals surface area contributed by atoms with Crippen LogP contribution in [0.25, 0.3) is 22.8 Å². The molecule has 100 valence electrons. The van der Waals surface area contributed by atoms with Gasteiger partial charge in [0.15, 0.2) is 0 Å². The first-order chi connectivity index (χ1) is 9.66. The van der Waals surface area contributed by atoms with Gasteiger partial charge in [0.25, 0.3) is 5.89 Å². The smallest absolute Gasteiger partial charge is 0.258 e. The molecule has 0 amide bonds. The lowest BCUT2D eigenvalue weighted by Crippen LogP contribution is -1.86. The molecular weight excluding hydrogens is 252 g/mol. The van der Waals surface area contributed by atoms with Gasteiger partial charge in [-0.3, -0.25) is 0 Å². The van der Waals surface area contributed by atoms with Crippen LogP contribution in [0.4, 0.5) is 0 Å². The van der Waals surface area contributed by atoms with Crippen molar-refractivity contribution < 1.29 is 9.63 Å². The molecule has 1 aromatic heterocycles. The van der Waals surface area contributed by atoms with Gasteiger partial charge >= 0.3 is 0 Å². The summed E-state index contributed by atoms with van der Waals surface area (Å²) in [5, 5.41) is 13.8. The van der Waals surface area contributed by atoms with E-state index < -0.39 is 0 Å². The zero-order chi connectivity index (χ0) is 14.1. The zero-order valence-electron chi connectivity index (χ0n) is 11.3. The minimum Gasteiger partial charge on any atom is -0.508 e. The lowest BCUT2D eigenvalue weighted by Gasteiger charge is -2.02. The highest BCUT2D eigenvalue weighted by atomic mass is 16.5. The van der Waals surface area contributed by atoms with E-state index in [1.807, 2.05) is 44.2 Å². The highest BCUT2D eigenvalue weighted by Crippen LogP contribution is 2.29. The van der Waals surface area contributed by atoms with Gasteiger partial charge in [0.05, 0.1) is 0 Å². The molecule has 2 aromatic carbocycles. The maximum absolute atomic E-state index is 9.74. The van der Waals surface area contributed by atoms with E-state index in [4.69, 9.17) is 4.52 Å². The predicted molar refractivity (Wildman–Crippen MR) is 76.3 cm³/mol. The summed E-state index contributed by atoms with van der Waals surface area (Å²) in [6.07, 6.45) is 0. The largest absolute Gasteiger partial charge is 0.508 e. The number of nitrogens with zero attached hydrogens (tertiary/aromatic N) is 2. The fourth-order valence-electron chi connectivity index (χ4n) is 2.12. The number of hydrogen-bond donors (Lipinski definition) is 1. The predicted octanol–water partition coefficient (Wildman–Crippen LogP) is 3.73. The molecule has 0 bridgehead atoms. The topological polar surface area (TPSA) is 59.2 Å². The zero-order valence-corrected chi connectivity index (χ0v) is 11.3. The fraction of sp³-hybridized carbons (Fsp3) is 0.125.